The number of likely N-dealkylation sites (N-methyl/N-ethyl adjacent to an activating group) is 1. The maximum atomic E-state index is 13.6. The number of rotatable bonds is 6. The zero-order chi connectivity index (χ0) is 21.8. The Morgan fingerprint density at radius 3 is 2.50 bits per heavy atom. The Hall–Kier alpha value is -2.35. The summed E-state index contributed by atoms with van der Waals surface area (Å²) in [6.45, 7) is 4.39. The van der Waals surface area contributed by atoms with E-state index in [4.69, 9.17) is 4.74 Å². The molecule has 2 unspecified atom stereocenters. The zero-order valence-electron chi connectivity index (χ0n) is 17.8. The van der Waals surface area contributed by atoms with Crippen LogP contribution in [0.15, 0.2) is 47.4 Å². The van der Waals surface area contributed by atoms with Gasteiger partial charge < -0.3 is 19.6 Å². The van der Waals surface area contributed by atoms with Crippen LogP contribution < -0.4 is 4.90 Å². The van der Waals surface area contributed by atoms with Crippen molar-refractivity contribution in [1.82, 2.24) is 4.90 Å². The van der Waals surface area contributed by atoms with Gasteiger partial charge in [0, 0.05) is 24.9 Å². The molecule has 2 aromatic rings. The van der Waals surface area contributed by atoms with E-state index in [-0.39, 0.29) is 17.8 Å². The van der Waals surface area contributed by atoms with E-state index < -0.39 is 12.1 Å². The molecule has 0 saturated heterocycles. The van der Waals surface area contributed by atoms with E-state index in [1.807, 2.05) is 68.4 Å². The van der Waals surface area contributed by atoms with Crippen LogP contribution in [-0.4, -0.2) is 55.2 Å². The first-order valence-electron chi connectivity index (χ1n) is 9.90. The lowest BCUT2D eigenvalue weighted by Crippen LogP contribution is -2.45. The van der Waals surface area contributed by atoms with Crippen LogP contribution in [-0.2, 0) is 20.9 Å². The first-order chi connectivity index (χ1) is 14.3. The summed E-state index contributed by atoms with van der Waals surface area (Å²) >= 11 is 1.49. The van der Waals surface area contributed by atoms with Gasteiger partial charge in [-0.3, -0.25) is 9.59 Å². The summed E-state index contributed by atoms with van der Waals surface area (Å²) in [5, 5.41) is 9.23. The molecule has 1 heterocycles. The molecule has 30 heavy (non-hydrogen) atoms. The molecule has 0 spiro atoms. The van der Waals surface area contributed by atoms with Crippen LogP contribution in [0.2, 0.25) is 0 Å². The van der Waals surface area contributed by atoms with Crippen LogP contribution in [0.1, 0.15) is 28.9 Å². The number of carbonyl (C=O) groups excluding carboxylic acids is 2. The Morgan fingerprint density at radius 2 is 1.90 bits per heavy atom. The van der Waals surface area contributed by atoms with Gasteiger partial charge in [0.05, 0.1) is 17.5 Å². The maximum absolute atomic E-state index is 13.6. The Kier molecular flexibility index (Phi) is 7.18. The van der Waals surface area contributed by atoms with Gasteiger partial charge in [0.15, 0.2) is 6.10 Å². The van der Waals surface area contributed by atoms with E-state index in [0.29, 0.717) is 13.1 Å². The molecule has 7 heteroatoms. The van der Waals surface area contributed by atoms with E-state index in [2.05, 4.69) is 0 Å². The summed E-state index contributed by atoms with van der Waals surface area (Å²) in [6, 6.07) is 13.5. The minimum atomic E-state index is -0.942. The van der Waals surface area contributed by atoms with Crippen LogP contribution in [0.5, 0.6) is 0 Å². The Balaban J connectivity index is 2.12. The van der Waals surface area contributed by atoms with Crippen molar-refractivity contribution in [2.24, 2.45) is 0 Å². The molecule has 2 aromatic carbocycles. The predicted molar refractivity (Wildman–Crippen MR) is 119 cm³/mol. The number of ether oxygens (including phenoxy) is 1. The lowest BCUT2D eigenvalue weighted by atomic mass is 10.0. The third kappa shape index (κ3) is 5.03. The fourth-order valence-electron chi connectivity index (χ4n) is 3.40. The first-order valence-corrected chi connectivity index (χ1v) is 10.8. The number of nitrogens with zero attached hydrogens (tertiary/aromatic N) is 2. The van der Waals surface area contributed by atoms with Gasteiger partial charge in [-0.05, 0) is 44.3 Å². The molecule has 0 aromatic heterocycles. The van der Waals surface area contributed by atoms with E-state index in [1.165, 1.54) is 18.7 Å². The largest absolute Gasteiger partial charge is 0.451 e. The van der Waals surface area contributed by atoms with Crippen LogP contribution in [0.4, 0.5) is 5.69 Å². The highest BCUT2D eigenvalue weighted by atomic mass is 32.2. The van der Waals surface area contributed by atoms with Crippen molar-refractivity contribution in [3.8, 4) is 0 Å². The lowest BCUT2D eigenvalue weighted by molar-refractivity contribution is -0.152. The fraction of sp³-hybridized carbons (Fsp3) is 0.391. The molecule has 0 aliphatic carbocycles. The Labute approximate surface area is 181 Å². The number of hydrogen-bond acceptors (Lipinski definition) is 6. The molecule has 0 fully saturated rings. The number of aliphatic hydroxyl groups is 1. The SMILES string of the molecule is CC(=O)OC1C(=O)N(CCN(C)C)c2ccc(CO)cc2SC1c1ccc(C)cc1. The molecule has 1 amide bonds. The van der Waals surface area contributed by atoms with Crippen molar-refractivity contribution in [1.29, 1.82) is 0 Å². The van der Waals surface area contributed by atoms with Crippen molar-refractivity contribution in [3.63, 3.8) is 0 Å². The number of hydrogen-bond donors (Lipinski definition) is 1. The van der Waals surface area contributed by atoms with Crippen molar-refractivity contribution >= 4 is 29.3 Å². The van der Waals surface area contributed by atoms with Gasteiger partial charge in [0.1, 0.15) is 0 Å². The van der Waals surface area contributed by atoms with Crippen LogP contribution >= 0.6 is 11.8 Å². The van der Waals surface area contributed by atoms with Gasteiger partial charge in [-0.1, -0.05) is 35.9 Å². The molecule has 0 radical (unpaired) electrons. The van der Waals surface area contributed by atoms with Gasteiger partial charge in [0.25, 0.3) is 5.91 Å². The number of aryl methyl sites for hydroxylation is 1. The van der Waals surface area contributed by atoms with Gasteiger partial charge in [0.2, 0.25) is 0 Å². The molecule has 1 aliphatic rings. The quantitative estimate of drug-likeness (QED) is 0.713. The average Bonchev–Trinajstić information content (AvgIpc) is 2.81. The second kappa shape index (κ2) is 9.64. The van der Waals surface area contributed by atoms with Crippen LogP contribution in [0.25, 0.3) is 0 Å². The number of aliphatic hydroxyl groups excluding tert-OH is 1. The third-order valence-corrected chi connectivity index (χ3v) is 6.36. The predicted octanol–water partition coefficient (Wildman–Crippen LogP) is 3.16. The minimum absolute atomic E-state index is 0.0813. The topological polar surface area (TPSA) is 70.1 Å². The molecule has 2 atom stereocenters. The summed E-state index contributed by atoms with van der Waals surface area (Å²) in [5.41, 5.74) is 3.58. The number of fused-ring (bicyclic) bond motifs is 1. The van der Waals surface area contributed by atoms with Crippen molar-refractivity contribution < 1.29 is 19.4 Å². The van der Waals surface area contributed by atoms with Crippen LogP contribution in [0.3, 0.4) is 0 Å². The number of benzene rings is 2. The van der Waals surface area contributed by atoms with Crippen molar-refractivity contribution in [2.75, 3.05) is 32.1 Å². The fourth-order valence-corrected chi connectivity index (χ4v) is 4.78. The Bertz CT molecular complexity index is 914. The summed E-state index contributed by atoms with van der Waals surface area (Å²) < 4.78 is 5.59. The molecule has 1 N–H and O–H groups in total. The number of thioether (sulfide) groups is 1. The Morgan fingerprint density at radius 1 is 1.20 bits per heavy atom. The third-order valence-electron chi connectivity index (χ3n) is 5.01. The minimum Gasteiger partial charge on any atom is -0.451 e. The summed E-state index contributed by atoms with van der Waals surface area (Å²) in [4.78, 5) is 30.1. The first kappa shape index (κ1) is 22.3. The lowest BCUT2D eigenvalue weighted by Gasteiger charge is -2.28. The summed E-state index contributed by atoms with van der Waals surface area (Å²) in [6.07, 6.45) is -0.942. The normalized spacial score (nSPS) is 18.9. The van der Waals surface area contributed by atoms with Crippen molar-refractivity contribution in [3.05, 3.63) is 59.2 Å². The molecular formula is C23H28N2O4S. The maximum Gasteiger partial charge on any atom is 0.303 e. The molecule has 1 aliphatic heterocycles. The van der Waals surface area contributed by atoms with Gasteiger partial charge in [-0.25, -0.2) is 0 Å². The number of carbonyl (C=O) groups is 2. The summed E-state index contributed by atoms with van der Waals surface area (Å²) in [7, 11) is 3.90. The van der Waals surface area contributed by atoms with Crippen LogP contribution in [0, 0.1) is 6.92 Å². The highest BCUT2D eigenvalue weighted by Crippen LogP contribution is 2.47. The van der Waals surface area contributed by atoms with E-state index in [9.17, 15) is 14.7 Å². The van der Waals surface area contributed by atoms with E-state index >= 15 is 0 Å². The second-order valence-corrected chi connectivity index (χ2v) is 8.92. The number of esters is 1. The highest BCUT2D eigenvalue weighted by molar-refractivity contribution is 7.99. The molecule has 3 rings (SSSR count). The van der Waals surface area contributed by atoms with E-state index in [0.717, 1.165) is 27.3 Å². The molecular weight excluding hydrogens is 400 g/mol. The average molecular weight is 429 g/mol. The summed E-state index contributed by atoms with van der Waals surface area (Å²) in [5.74, 6) is -0.721. The number of amides is 1. The molecule has 0 bridgehead atoms. The van der Waals surface area contributed by atoms with E-state index in [1.54, 1.807) is 4.90 Å². The molecule has 160 valence electrons. The smallest absolute Gasteiger partial charge is 0.303 e. The second-order valence-electron chi connectivity index (χ2n) is 7.73. The molecule has 6 nitrogen and oxygen atoms in total. The highest BCUT2D eigenvalue weighted by Gasteiger charge is 2.40. The number of anilines is 1. The zero-order valence-corrected chi connectivity index (χ0v) is 18.6. The monoisotopic (exact) mass is 428 g/mol. The van der Waals surface area contributed by atoms with Gasteiger partial charge in [-0.15, -0.1) is 11.8 Å². The van der Waals surface area contributed by atoms with Gasteiger partial charge in [-0.2, -0.15) is 0 Å². The van der Waals surface area contributed by atoms with Gasteiger partial charge >= 0.3 is 5.97 Å². The van der Waals surface area contributed by atoms with Crippen molar-refractivity contribution in [2.45, 2.75) is 36.7 Å². The molecule has 0 saturated carbocycles. The standard InChI is InChI=1S/C23H28N2O4S/c1-15-5-8-18(9-6-15)22-21(29-16(2)27)23(28)25(12-11-24(3)4)19-10-7-17(14-26)13-20(19)30-22/h5-10,13,21-22,26H,11-12,14H2,1-4H3.